The van der Waals surface area contributed by atoms with Crippen LogP contribution in [0.5, 0.6) is 0 Å². The molecule has 7 heteroatoms. The van der Waals surface area contributed by atoms with E-state index in [-0.39, 0.29) is 29.9 Å². The summed E-state index contributed by atoms with van der Waals surface area (Å²) in [6.07, 6.45) is 0. The van der Waals surface area contributed by atoms with Crippen molar-refractivity contribution in [3.63, 3.8) is 0 Å². The molecule has 114 valence electrons. The van der Waals surface area contributed by atoms with Crippen LogP contribution in [0, 0.1) is 12.7 Å². The Morgan fingerprint density at radius 2 is 2.05 bits per heavy atom. The lowest BCUT2D eigenvalue weighted by Crippen LogP contribution is -2.35. The fraction of sp³-hybridized carbons (Fsp3) is 0.538. The summed E-state index contributed by atoms with van der Waals surface area (Å²) in [4.78, 5) is 0.0598. The van der Waals surface area contributed by atoms with E-state index < -0.39 is 10.0 Å². The molecule has 0 amide bonds. The van der Waals surface area contributed by atoms with Crippen LogP contribution in [0.15, 0.2) is 17.0 Å². The van der Waals surface area contributed by atoms with E-state index in [4.69, 9.17) is 4.74 Å². The number of hydrogen-bond acceptors (Lipinski definition) is 4. The second kappa shape index (κ2) is 7.12. The number of rotatable bonds is 7. The standard InChI is InChI=1S/C13H21FN2O3S/c1-9-5-12(6-11(7-15-3)13(9)14)20(17,18)16-10(2)8-19-4/h5-6,10,15-16H,7-8H2,1-4H3. The number of hydrogen-bond donors (Lipinski definition) is 2. The molecule has 0 aromatic heterocycles. The molecule has 0 heterocycles. The third kappa shape index (κ3) is 4.24. The molecule has 0 fully saturated rings. The summed E-state index contributed by atoms with van der Waals surface area (Å²) in [6, 6.07) is 2.32. The minimum absolute atomic E-state index is 0.0598. The van der Waals surface area contributed by atoms with Crippen molar-refractivity contribution in [1.29, 1.82) is 0 Å². The summed E-state index contributed by atoms with van der Waals surface area (Å²) < 4.78 is 45.7. The molecule has 0 radical (unpaired) electrons. The van der Waals surface area contributed by atoms with Gasteiger partial charge in [0.1, 0.15) is 5.82 Å². The molecule has 0 aliphatic rings. The highest BCUT2D eigenvalue weighted by molar-refractivity contribution is 7.89. The number of ether oxygens (including phenoxy) is 1. The number of benzene rings is 1. The molecule has 0 aliphatic carbocycles. The molecule has 1 atom stereocenters. The first-order chi connectivity index (χ1) is 9.31. The van der Waals surface area contributed by atoms with Gasteiger partial charge in [0.05, 0.1) is 11.5 Å². The Labute approximate surface area is 119 Å². The van der Waals surface area contributed by atoms with Crippen LogP contribution in [0.1, 0.15) is 18.1 Å². The molecule has 0 bridgehead atoms. The minimum atomic E-state index is -3.69. The average molecular weight is 304 g/mol. The van der Waals surface area contributed by atoms with E-state index in [0.29, 0.717) is 11.1 Å². The first kappa shape index (κ1) is 17.0. The minimum Gasteiger partial charge on any atom is -0.383 e. The second-order valence-corrected chi connectivity index (χ2v) is 6.44. The molecule has 1 rings (SSSR count). The first-order valence-electron chi connectivity index (χ1n) is 6.26. The van der Waals surface area contributed by atoms with Crippen LogP contribution < -0.4 is 10.0 Å². The maximum Gasteiger partial charge on any atom is 0.240 e. The lowest BCUT2D eigenvalue weighted by molar-refractivity contribution is 0.180. The number of nitrogens with one attached hydrogen (secondary N) is 2. The molecule has 1 aromatic carbocycles. The van der Waals surface area contributed by atoms with Gasteiger partial charge in [-0.25, -0.2) is 17.5 Å². The van der Waals surface area contributed by atoms with Gasteiger partial charge in [-0.3, -0.25) is 0 Å². The smallest absolute Gasteiger partial charge is 0.240 e. The highest BCUT2D eigenvalue weighted by Crippen LogP contribution is 2.19. The molecule has 0 saturated heterocycles. The van der Waals surface area contributed by atoms with Crippen LogP contribution in [0.3, 0.4) is 0 Å². The number of sulfonamides is 1. The van der Waals surface area contributed by atoms with Crippen LogP contribution in [-0.2, 0) is 21.3 Å². The first-order valence-corrected chi connectivity index (χ1v) is 7.75. The third-order valence-electron chi connectivity index (χ3n) is 2.75. The zero-order valence-electron chi connectivity index (χ0n) is 12.2. The lowest BCUT2D eigenvalue weighted by atomic mass is 10.1. The summed E-state index contributed by atoms with van der Waals surface area (Å²) in [7, 11) is -0.513. The van der Waals surface area contributed by atoms with Crippen molar-refractivity contribution in [2.45, 2.75) is 31.3 Å². The van der Waals surface area contributed by atoms with E-state index in [0.717, 1.165) is 0 Å². The van der Waals surface area contributed by atoms with E-state index in [9.17, 15) is 12.8 Å². The highest BCUT2D eigenvalue weighted by atomic mass is 32.2. The summed E-state index contributed by atoms with van der Waals surface area (Å²) >= 11 is 0. The fourth-order valence-electron chi connectivity index (χ4n) is 1.90. The van der Waals surface area contributed by atoms with Crippen molar-refractivity contribution in [2.75, 3.05) is 20.8 Å². The largest absolute Gasteiger partial charge is 0.383 e. The van der Waals surface area contributed by atoms with Crippen LogP contribution >= 0.6 is 0 Å². The van der Waals surface area contributed by atoms with Gasteiger partial charge in [-0.15, -0.1) is 0 Å². The number of halogens is 1. The van der Waals surface area contributed by atoms with Gasteiger partial charge in [-0.2, -0.15) is 0 Å². The fourth-order valence-corrected chi connectivity index (χ4v) is 3.26. The zero-order valence-corrected chi connectivity index (χ0v) is 13.0. The zero-order chi connectivity index (χ0) is 15.3. The van der Waals surface area contributed by atoms with Gasteiger partial charge in [0, 0.05) is 25.3 Å². The quantitative estimate of drug-likeness (QED) is 0.793. The van der Waals surface area contributed by atoms with Gasteiger partial charge >= 0.3 is 0 Å². The van der Waals surface area contributed by atoms with Gasteiger partial charge in [-0.1, -0.05) is 0 Å². The highest BCUT2D eigenvalue weighted by Gasteiger charge is 2.20. The average Bonchev–Trinajstić information content (AvgIpc) is 2.34. The van der Waals surface area contributed by atoms with Gasteiger partial charge in [-0.05, 0) is 38.6 Å². The lowest BCUT2D eigenvalue weighted by Gasteiger charge is -2.15. The maximum absolute atomic E-state index is 13.9. The Morgan fingerprint density at radius 3 is 2.60 bits per heavy atom. The molecular weight excluding hydrogens is 283 g/mol. The molecule has 20 heavy (non-hydrogen) atoms. The molecule has 0 aliphatic heterocycles. The molecular formula is C13H21FN2O3S. The van der Waals surface area contributed by atoms with Crippen LogP contribution in [0.2, 0.25) is 0 Å². The van der Waals surface area contributed by atoms with Gasteiger partial charge < -0.3 is 10.1 Å². The van der Waals surface area contributed by atoms with E-state index in [1.165, 1.54) is 19.2 Å². The van der Waals surface area contributed by atoms with E-state index in [1.807, 2.05) is 0 Å². The Kier molecular flexibility index (Phi) is 6.07. The summed E-state index contributed by atoms with van der Waals surface area (Å²) in [5.74, 6) is -0.386. The molecule has 1 unspecified atom stereocenters. The van der Waals surface area contributed by atoms with Crippen molar-refractivity contribution >= 4 is 10.0 Å². The van der Waals surface area contributed by atoms with Crippen molar-refractivity contribution in [3.05, 3.63) is 29.1 Å². The maximum atomic E-state index is 13.9. The van der Waals surface area contributed by atoms with Crippen molar-refractivity contribution < 1.29 is 17.5 Å². The summed E-state index contributed by atoms with van der Waals surface area (Å²) in [5.41, 5.74) is 0.629. The van der Waals surface area contributed by atoms with Crippen LogP contribution in [0.4, 0.5) is 4.39 Å². The van der Waals surface area contributed by atoms with Crippen molar-refractivity contribution in [3.8, 4) is 0 Å². The Balaban J connectivity index is 3.12. The Morgan fingerprint density at radius 1 is 1.40 bits per heavy atom. The van der Waals surface area contributed by atoms with Crippen molar-refractivity contribution in [1.82, 2.24) is 10.0 Å². The second-order valence-electron chi connectivity index (χ2n) is 4.72. The number of methoxy groups -OCH3 is 1. The Hall–Kier alpha value is -1.02. The van der Waals surface area contributed by atoms with Crippen LogP contribution in [-0.4, -0.2) is 35.2 Å². The van der Waals surface area contributed by atoms with Gasteiger partial charge in [0.2, 0.25) is 10.0 Å². The number of aryl methyl sites for hydroxylation is 1. The molecule has 0 saturated carbocycles. The Bertz CT molecular complexity index is 561. The topological polar surface area (TPSA) is 67.4 Å². The molecule has 0 spiro atoms. The predicted molar refractivity (Wildman–Crippen MR) is 75.6 cm³/mol. The molecule has 1 aromatic rings. The monoisotopic (exact) mass is 304 g/mol. The van der Waals surface area contributed by atoms with E-state index in [1.54, 1.807) is 20.9 Å². The molecule has 5 nitrogen and oxygen atoms in total. The van der Waals surface area contributed by atoms with Gasteiger partial charge in [0.15, 0.2) is 0 Å². The summed E-state index contributed by atoms with van der Waals surface area (Å²) in [5, 5.41) is 2.82. The van der Waals surface area contributed by atoms with Crippen molar-refractivity contribution in [2.24, 2.45) is 0 Å². The normalized spacial score (nSPS) is 13.4. The van der Waals surface area contributed by atoms with E-state index >= 15 is 0 Å². The molecule has 2 N–H and O–H groups in total. The summed E-state index contributed by atoms with van der Waals surface area (Å²) in [6.45, 7) is 3.78. The van der Waals surface area contributed by atoms with Gasteiger partial charge in [0.25, 0.3) is 0 Å². The van der Waals surface area contributed by atoms with E-state index in [2.05, 4.69) is 10.0 Å². The SMILES string of the molecule is CNCc1cc(S(=O)(=O)NC(C)COC)cc(C)c1F. The third-order valence-corrected chi connectivity index (χ3v) is 4.32. The predicted octanol–water partition coefficient (Wildman–Crippen LogP) is 1.17. The van der Waals surface area contributed by atoms with Crippen LogP contribution in [0.25, 0.3) is 0 Å².